The summed E-state index contributed by atoms with van der Waals surface area (Å²) in [7, 11) is 0. The zero-order valence-electron chi connectivity index (χ0n) is 10.2. The molecule has 0 saturated heterocycles. The first-order valence-electron chi connectivity index (χ1n) is 5.68. The smallest absolute Gasteiger partial charge is 0.214 e. The molecule has 1 aliphatic rings. The molecular formula is C11H8Cl7N3. The number of alkyl halides is 6. The second-order valence-electron chi connectivity index (χ2n) is 4.38. The van der Waals surface area contributed by atoms with Gasteiger partial charge in [-0.1, -0.05) is 86.4 Å². The van der Waals surface area contributed by atoms with Gasteiger partial charge in [0.15, 0.2) is 0 Å². The van der Waals surface area contributed by atoms with Crippen molar-refractivity contribution < 1.29 is 0 Å². The zero-order chi connectivity index (χ0) is 15.8. The molecule has 0 fully saturated rings. The molecule has 0 N–H and O–H groups in total. The minimum atomic E-state index is -1.63. The summed E-state index contributed by atoms with van der Waals surface area (Å²) in [5.41, 5.74) is 0.669. The largest absolute Gasteiger partial charge is 0.240 e. The SMILES string of the molecule is Clc1ccc(N2N=NC(C(Cl)(Cl)Cl)CC2C(Cl)(Cl)Cl)cc1. The van der Waals surface area contributed by atoms with Crippen molar-refractivity contribution in [3.05, 3.63) is 29.3 Å². The standard InChI is InChI=1S/C11H8Cl7N3/c12-6-1-3-7(4-2-6)21-9(11(16,17)18)5-8(19-20-21)10(13,14)15/h1-4,8-9H,5H2. The van der Waals surface area contributed by atoms with E-state index in [-0.39, 0.29) is 6.42 Å². The highest BCUT2D eigenvalue weighted by Gasteiger charge is 2.46. The lowest BCUT2D eigenvalue weighted by Gasteiger charge is -2.38. The number of benzene rings is 1. The van der Waals surface area contributed by atoms with Crippen LogP contribution in [0.5, 0.6) is 0 Å². The molecule has 10 heteroatoms. The van der Waals surface area contributed by atoms with Crippen molar-refractivity contribution in [1.82, 2.24) is 0 Å². The van der Waals surface area contributed by atoms with Crippen LogP contribution in [0.3, 0.4) is 0 Å². The number of anilines is 1. The summed E-state index contributed by atoms with van der Waals surface area (Å²) < 4.78 is -3.25. The lowest BCUT2D eigenvalue weighted by Crippen LogP contribution is -2.48. The molecule has 2 atom stereocenters. The molecule has 0 amide bonds. The Labute approximate surface area is 157 Å². The summed E-state index contributed by atoms with van der Waals surface area (Å²) in [4.78, 5) is 0. The Kier molecular flexibility index (Phi) is 5.69. The van der Waals surface area contributed by atoms with Gasteiger partial charge in [-0.3, -0.25) is 0 Å². The zero-order valence-corrected chi connectivity index (χ0v) is 15.5. The van der Waals surface area contributed by atoms with Gasteiger partial charge in [0.2, 0.25) is 7.59 Å². The molecule has 0 saturated carbocycles. The van der Waals surface area contributed by atoms with Crippen LogP contribution in [0.2, 0.25) is 5.02 Å². The van der Waals surface area contributed by atoms with E-state index in [9.17, 15) is 0 Å². The number of halogens is 7. The first-order valence-corrected chi connectivity index (χ1v) is 8.32. The normalized spacial score (nSPS) is 23.5. The lowest BCUT2D eigenvalue weighted by molar-refractivity contribution is 0.429. The molecule has 1 aliphatic heterocycles. The fraction of sp³-hybridized carbons (Fsp3) is 0.455. The van der Waals surface area contributed by atoms with Gasteiger partial charge in [0.05, 0.1) is 5.69 Å². The van der Waals surface area contributed by atoms with E-state index < -0.39 is 19.7 Å². The van der Waals surface area contributed by atoms with Crippen LogP contribution in [0.1, 0.15) is 6.42 Å². The van der Waals surface area contributed by atoms with Crippen LogP contribution in [0, 0.1) is 0 Å². The number of rotatable bonds is 1. The van der Waals surface area contributed by atoms with E-state index in [1.807, 2.05) is 0 Å². The highest BCUT2D eigenvalue weighted by atomic mass is 35.6. The van der Waals surface area contributed by atoms with Gasteiger partial charge in [-0.15, -0.1) is 0 Å². The Hall–Kier alpha value is 0.650. The molecule has 1 heterocycles. The predicted molar refractivity (Wildman–Crippen MR) is 91.6 cm³/mol. The van der Waals surface area contributed by atoms with Gasteiger partial charge in [-0.05, 0) is 24.3 Å². The molecule has 1 aromatic carbocycles. The number of hydrogen-bond donors (Lipinski definition) is 0. The van der Waals surface area contributed by atoms with Crippen molar-refractivity contribution in [2.24, 2.45) is 10.3 Å². The third-order valence-electron chi connectivity index (χ3n) is 2.88. The molecule has 2 unspecified atom stereocenters. The Bertz CT molecular complexity index is 520. The van der Waals surface area contributed by atoms with Gasteiger partial charge in [0, 0.05) is 11.4 Å². The van der Waals surface area contributed by atoms with Crippen LogP contribution < -0.4 is 5.01 Å². The van der Waals surface area contributed by atoms with Gasteiger partial charge in [-0.2, -0.15) is 5.11 Å². The minimum absolute atomic E-state index is 0.221. The molecule has 21 heavy (non-hydrogen) atoms. The van der Waals surface area contributed by atoms with Crippen LogP contribution in [-0.2, 0) is 0 Å². The third-order valence-corrected chi connectivity index (χ3v) is 4.64. The van der Waals surface area contributed by atoms with Gasteiger partial charge in [0.25, 0.3) is 0 Å². The summed E-state index contributed by atoms with van der Waals surface area (Å²) in [6, 6.07) is 5.53. The average molecular weight is 430 g/mol. The first kappa shape index (κ1) is 18.0. The maximum Gasteiger partial charge on any atom is 0.214 e. The highest BCUT2D eigenvalue weighted by molar-refractivity contribution is 6.69. The molecule has 2 rings (SSSR count). The van der Waals surface area contributed by atoms with E-state index in [4.69, 9.17) is 81.2 Å². The van der Waals surface area contributed by atoms with E-state index >= 15 is 0 Å². The third kappa shape index (κ3) is 4.57. The molecule has 0 aromatic heterocycles. The number of hydrogen-bond acceptors (Lipinski definition) is 3. The quantitative estimate of drug-likeness (QED) is 0.474. The number of nitrogens with zero attached hydrogens (tertiary/aromatic N) is 3. The second kappa shape index (κ2) is 6.64. The molecule has 3 nitrogen and oxygen atoms in total. The highest BCUT2D eigenvalue weighted by Crippen LogP contribution is 2.45. The topological polar surface area (TPSA) is 28.0 Å². The molecule has 1 aromatic rings. The van der Waals surface area contributed by atoms with Gasteiger partial charge in [0.1, 0.15) is 12.1 Å². The van der Waals surface area contributed by atoms with Crippen molar-refractivity contribution >= 4 is 86.9 Å². The van der Waals surface area contributed by atoms with Gasteiger partial charge in [-0.25, -0.2) is 5.01 Å². The second-order valence-corrected chi connectivity index (χ2v) is 9.55. The van der Waals surface area contributed by atoms with Crippen molar-refractivity contribution in [3.63, 3.8) is 0 Å². The Balaban J connectivity index is 2.36. The van der Waals surface area contributed by atoms with Crippen LogP contribution in [0.25, 0.3) is 0 Å². The molecular weight excluding hydrogens is 422 g/mol. The van der Waals surface area contributed by atoms with Gasteiger partial charge >= 0.3 is 0 Å². The first-order chi connectivity index (χ1) is 9.59. The maximum absolute atomic E-state index is 6.04. The van der Waals surface area contributed by atoms with Crippen molar-refractivity contribution in [2.45, 2.75) is 26.1 Å². The summed E-state index contributed by atoms with van der Waals surface area (Å²) in [5.74, 6) is 0. The summed E-state index contributed by atoms with van der Waals surface area (Å²) >= 11 is 41.5. The van der Waals surface area contributed by atoms with Crippen LogP contribution in [0.4, 0.5) is 5.69 Å². The molecule has 0 aliphatic carbocycles. The van der Waals surface area contributed by atoms with Crippen molar-refractivity contribution in [3.8, 4) is 0 Å². The van der Waals surface area contributed by atoms with Gasteiger partial charge < -0.3 is 0 Å². The van der Waals surface area contributed by atoms with Crippen LogP contribution >= 0.6 is 81.2 Å². The lowest BCUT2D eigenvalue weighted by atomic mass is 10.1. The van der Waals surface area contributed by atoms with Crippen molar-refractivity contribution in [1.29, 1.82) is 0 Å². The fourth-order valence-corrected chi connectivity index (χ4v) is 2.90. The fourth-order valence-electron chi connectivity index (χ4n) is 1.84. The van der Waals surface area contributed by atoms with Crippen LogP contribution in [0.15, 0.2) is 34.6 Å². The Morgan fingerprint density at radius 2 is 1.52 bits per heavy atom. The minimum Gasteiger partial charge on any atom is -0.240 e. The molecule has 0 radical (unpaired) electrons. The average Bonchev–Trinajstić information content (AvgIpc) is 2.37. The molecule has 0 bridgehead atoms. The van der Waals surface area contributed by atoms with Crippen LogP contribution in [-0.4, -0.2) is 19.7 Å². The van der Waals surface area contributed by atoms with E-state index in [2.05, 4.69) is 10.3 Å². The Morgan fingerprint density at radius 1 is 0.952 bits per heavy atom. The molecule has 116 valence electrons. The van der Waals surface area contributed by atoms with E-state index in [1.165, 1.54) is 5.01 Å². The van der Waals surface area contributed by atoms with E-state index in [1.54, 1.807) is 24.3 Å². The van der Waals surface area contributed by atoms with E-state index in [0.717, 1.165) is 0 Å². The maximum atomic E-state index is 6.04. The predicted octanol–water partition coefficient (Wildman–Crippen LogP) is 6.39. The summed E-state index contributed by atoms with van der Waals surface area (Å²) in [6.45, 7) is 0. The summed E-state index contributed by atoms with van der Waals surface area (Å²) in [5, 5.41) is 10.1. The van der Waals surface area contributed by atoms with E-state index in [0.29, 0.717) is 10.7 Å². The summed E-state index contributed by atoms with van der Waals surface area (Å²) in [6.07, 6.45) is 0.221. The van der Waals surface area contributed by atoms with Crippen molar-refractivity contribution in [2.75, 3.05) is 5.01 Å². The monoisotopic (exact) mass is 427 g/mol. The molecule has 0 spiro atoms. The Morgan fingerprint density at radius 3 is 2.00 bits per heavy atom.